The molecule has 0 bridgehead atoms. The highest BCUT2D eigenvalue weighted by Crippen LogP contribution is 2.56. The monoisotopic (exact) mass is 552 g/mol. The van der Waals surface area contributed by atoms with Crippen LogP contribution in [0.2, 0.25) is 0 Å². The average molecular weight is 553 g/mol. The first kappa shape index (κ1) is 25.9. The second-order valence-electron chi connectivity index (χ2n) is 9.53. The van der Waals surface area contributed by atoms with Crippen LogP contribution in [0.15, 0.2) is 36.4 Å². The molecule has 0 radical (unpaired) electrons. The number of hydrogen-bond acceptors (Lipinski definition) is 7. The molecule has 0 aliphatic rings. The van der Waals surface area contributed by atoms with Crippen LogP contribution in [0.3, 0.4) is 0 Å². The molecule has 3 heterocycles. The van der Waals surface area contributed by atoms with E-state index in [1.165, 1.54) is 39.7 Å². The fourth-order valence-electron chi connectivity index (χ4n) is 4.63. The van der Waals surface area contributed by atoms with E-state index in [0.29, 0.717) is 0 Å². The van der Waals surface area contributed by atoms with Crippen LogP contribution >= 0.6 is 34.0 Å². The topological polar surface area (TPSA) is 36.9 Å². The third kappa shape index (κ3) is 4.47. The van der Waals surface area contributed by atoms with E-state index >= 15 is 0 Å². The van der Waals surface area contributed by atoms with E-state index in [0.717, 1.165) is 34.1 Å². The lowest BCUT2D eigenvalue weighted by Gasteiger charge is -2.16. The van der Waals surface area contributed by atoms with Gasteiger partial charge in [0.05, 0.1) is 56.4 Å². The molecule has 0 atom stereocenters. The number of ether oxygens (including phenoxy) is 4. The van der Waals surface area contributed by atoms with Gasteiger partial charge in [-0.3, -0.25) is 0 Å². The maximum atomic E-state index is 6.21. The van der Waals surface area contributed by atoms with Crippen molar-refractivity contribution in [2.75, 3.05) is 14.2 Å². The number of aryl methyl sites for hydroxylation is 2. The molecule has 0 spiro atoms. The van der Waals surface area contributed by atoms with Gasteiger partial charge in [-0.2, -0.15) is 0 Å². The van der Waals surface area contributed by atoms with Crippen molar-refractivity contribution in [1.82, 2.24) is 0 Å². The first-order valence-corrected chi connectivity index (χ1v) is 14.8. The van der Waals surface area contributed by atoms with Crippen LogP contribution < -0.4 is 18.9 Å². The number of methoxy groups -OCH3 is 2. The van der Waals surface area contributed by atoms with Gasteiger partial charge in [0.15, 0.2) is 0 Å². The van der Waals surface area contributed by atoms with Crippen molar-refractivity contribution in [1.29, 1.82) is 0 Å². The van der Waals surface area contributed by atoms with Crippen LogP contribution in [-0.2, 0) is 0 Å². The predicted molar refractivity (Wildman–Crippen MR) is 160 cm³/mol. The second kappa shape index (κ2) is 10.2. The highest BCUT2D eigenvalue weighted by Gasteiger charge is 2.26. The molecule has 0 saturated heterocycles. The predicted octanol–water partition coefficient (Wildman–Crippen LogP) is 9.72. The Morgan fingerprint density at radius 3 is 1.27 bits per heavy atom. The molecule has 0 N–H and O–H groups in total. The minimum atomic E-state index is 0.0737. The number of thiophene rings is 3. The highest BCUT2D eigenvalue weighted by molar-refractivity contribution is 7.40. The molecule has 0 aliphatic carbocycles. The molecule has 4 nitrogen and oxygen atoms in total. The summed E-state index contributed by atoms with van der Waals surface area (Å²) in [5.41, 5.74) is 4.61. The Bertz CT molecular complexity index is 1470. The molecule has 0 aliphatic heterocycles. The minimum Gasteiger partial charge on any atom is -0.496 e. The quantitative estimate of drug-likeness (QED) is 0.192. The zero-order valence-electron chi connectivity index (χ0n) is 22.5. The van der Waals surface area contributed by atoms with Crippen LogP contribution in [0, 0.1) is 13.8 Å². The van der Waals surface area contributed by atoms with Gasteiger partial charge in [-0.25, -0.2) is 0 Å². The molecule has 7 heteroatoms. The van der Waals surface area contributed by atoms with Gasteiger partial charge in [-0.05, 0) is 76.9 Å². The Labute approximate surface area is 230 Å². The second-order valence-corrected chi connectivity index (χ2v) is 12.6. The van der Waals surface area contributed by atoms with Crippen LogP contribution in [-0.4, -0.2) is 26.4 Å². The van der Waals surface area contributed by atoms with Crippen molar-refractivity contribution >= 4 is 52.8 Å². The zero-order valence-corrected chi connectivity index (χ0v) is 24.9. The lowest BCUT2D eigenvalue weighted by Crippen LogP contribution is -2.07. The Kier molecular flexibility index (Phi) is 7.14. The first-order chi connectivity index (χ1) is 17.7. The van der Waals surface area contributed by atoms with Gasteiger partial charge in [0.25, 0.3) is 0 Å². The van der Waals surface area contributed by atoms with E-state index in [-0.39, 0.29) is 12.2 Å². The number of fused-ring (bicyclic) bond motifs is 3. The van der Waals surface area contributed by atoms with Crippen LogP contribution in [0.4, 0.5) is 0 Å². The van der Waals surface area contributed by atoms with Crippen LogP contribution in [0.1, 0.15) is 38.8 Å². The van der Waals surface area contributed by atoms with E-state index in [1.54, 1.807) is 14.2 Å². The first-order valence-electron chi connectivity index (χ1n) is 12.4. The molecule has 0 saturated carbocycles. The minimum absolute atomic E-state index is 0.0737. The molecule has 0 amide bonds. The molecule has 194 valence electrons. The van der Waals surface area contributed by atoms with E-state index < -0.39 is 0 Å². The lowest BCUT2D eigenvalue weighted by molar-refractivity contribution is 0.242. The largest absolute Gasteiger partial charge is 0.496 e. The zero-order chi connectivity index (χ0) is 26.4. The van der Waals surface area contributed by atoms with Gasteiger partial charge < -0.3 is 18.9 Å². The normalized spacial score (nSPS) is 11.7. The maximum Gasteiger partial charge on any atom is 0.132 e. The molecule has 2 aromatic carbocycles. The summed E-state index contributed by atoms with van der Waals surface area (Å²) in [7, 11) is 3.45. The van der Waals surface area contributed by atoms with Gasteiger partial charge in [0, 0.05) is 9.75 Å². The van der Waals surface area contributed by atoms with E-state index in [2.05, 4.69) is 41.5 Å². The SMILES string of the molecule is COc1cccc(OC(C)C)c1-c1sc2c(sc3c(C)c(-c4c(OC)cccc4OC(C)C)sc32)c1C. The van der Waals surface area contributed by atoms with Gasteiger partial charge in [-0.1, -0.05) is 12.1 Å². The van der Waals surface area contributed by atoms with E-state index in [1.807, 2.05) is 70.4 Å². The van der Waals surface area contributed by atoms with Crippen molar-refractivity contribution in [3.05, 3.63) is 47.5 Å². The molecule has 3 aromatic heterocycles. The fraction of sp³-hybridized carbons (Fsp3) is 0.333. The van der Waals surface area contributed by atoms with Gasteiger partial charge >= 0.3 is 0 Å². The third-order valence-corrected chi connectivity index (χ3v) is 10.7. The maximum absolute atomic E-state index is 6.21. The molecule has 0 fully saturated rings. The average Bonchev–Trinajstić information content (AvgIpc) is 3.48. The number of rotatable bonds is 8. The summed E-state index contributed by atoms with van der Waals surface area (Å²) in [5, 5.41) is 0. The van der Waals surface area contributed by atoms with Crippen LogP contribution in [0.5, 0.6) is 23.0 Å². The Morgan fingerprint density at radius 2 is 0.919 bits per heavy atom. The summed E-state index contributed by atoms with van der Waals surface area (Å²) < 4.78 is 29.3. The van der Waals surface area contributed by atoms with Gasteiger partial charge in [0.2, 0.25) is 0 Å². The van der Waals surface area contributed by atoms with Gasteiger partial charge in [-0.15, -0.1) is 34.0 Å². The van der Waals surface area contributed by atoms with Crippen LogP contribution in [0.25, 0.3) is 39.7 Å². The summed E-state index contributed by atoms with van der Waals surface area (Å²) in [6.45, 7) is 12.6. The van der Waals surface area contributed by atoms with Crippen molar-refractivity contribution in [3.63, 3.8) is 0 Å². The summed E-state index contributed by atoms with van der Waals surface area (Å²) in [6.07, 6.45) is 0.147. The van der Waals surface area contributed by atoms with E-state index in [9.17, 15) is 0 Å². The summed E-state index contributed by atoms with van der Waals surface area (Å²) in [6, 6.07) is 12.1. The van der Waals surface area contributed by atoms with Crippen molar-refractivity contribution in [2.24, 2.45) is 0 Å². The highest BCUT2D eigenvalue weighted by atomic mass is 32.1. The Morgan fingerprint density at radius 1 is 0.541 bits per heavy atom. The third-order valence-electron chi connectivity index (χ3n) is 6.19. The summed E-state index contributed by atoms with van der Waals surface area (Å²) in [4.78, 5) is 2.40. The molecule has 37 heavy (non-hydrogen) atoms. The summed E-state index contributed by atoms with van der Waals surface area (Å²) >= 11 is 5.52. The molecule has 0 unspecified atom stereocenters. The fourth-order valence-corrected chi connectivity index (χ4v) is 9.15. The Balaban J connectivity index is 1.73. The molecular weight excluding hydrogens is 521 g/mol. The molecule has 5 rings (SSSR count). The molecule has 5 aromatic rings. The number of hydrogen-bond donors (Lipinski definition) is 0. The van der Waals surface area contributed by atoms with Crippen molar-refractivity contribution in [3.8, 4) is 43.9 Å². The standard InChI is InChI=1S/C30H32O4S3/c1-15(2)33-21-13-9-11-19(31-7)23(21)25-17(5)27-29(35-25)30-28(37-27)18(6)26(36-30)24-20(32-8)12-10-14-22(24)34-16(3)4/h9-16H,1-8H3. The smallest absolute Gasteiger partial charge is 0.132 e. The van der Waals surface area contributed by atoms with Crippen molar-refractivity contribution in [2.45, 2.75) is 53.8 Å². The Hall–Kier alpha value is -2.74. The van der Waals surface area contributed by atoms with E-state index in [4.69, 9.17) is 18.9 Å². The van der Waals surface area contributed by atoms with Crippen molar-refractivity contribution < 1.29 is 18.9 Å². The van der Waals surface area contributed by atoms with Gasteiger partial charge in [0.1, 0.15) is 23.0 Å². The molecular formula is C30H32O4S3. The number of benzene rings is 2. The summed E-state index contributed by atoms with van der Waals surface area (Å²) in [5.74, 6) is 3.38. The lowest BCUT2D eigenvalue weighted by atomic mass is 10.1.